The van der Waals surface area contributed by atoms with E-state index < -0.39 is 24.5 Å². The van der Waals surface area contributed by atoms with Gasteiger partial charge in [0.1, 0.15) is 28.5 Å². The first-order chi connectivity index (χ1) is 9.13. The Balaban J connectivity index is 2.06. The zero-order chi connectivity index (χ0) is 13.6. The van der Waals surface area contributed by atoms with Crippen molar-refractivity contribution < 1.29 is 20.1 Å². The summed E-state index contributed by atoms with van der Waals surface area (Å²) in [5.74, 6) is 0. The summed E-state index contributed by atoms with van der Waals surface area (Å²) in [6.07, 6.45) is -1.02. The highest BCUT2D eigenvalue weighted by Gasteiger charge is 2.43. The molecule has 0 aliphatic carbocycles. The van der Waals surface area contributed by atoms with Gasteiger partial charge in [0.25, 0.3) is 0 Å². The zero-order valence-electron chi connectivity index (χ0n) is 9.67. The van der Waals surface area contributed by atoms with Crippen molar-refractivity contribution in [2.75, 3.05) is 6.61 Å². The number of aliphatic hydroxyl groups excluding tert-OH is 3. The first-order valence-corrected chi connectivity index (χ1v) is 6.07. The molecule has 1 fully saturated rings. The molecule has 4 N–H and O–H groups in total. The number of aromatic amines is 1. The van der Waals surface area contributed by atoms with Crippen molar-refractivity contribution in [2.24, 2.45) is 0 Å². The van der Waals surface area contributed by atoms with Gasteiger partial charge >= 0.3 is 0 Å². The summed E-state index contributed by atoms with van der Waals surface area (Å²) in [7, 11) is 0. The standard InChI is InChI=1S/C10H12N4O4S/c15-2-5-7(16)8(17)10(18-5)14-3-11-6-4(14)1-12-13-9(6)19/h1,3,5,7-8,10,15-17H,2H2,(H,13,19)/t5-,7-,8-,10-/m1/s1. The third-order valence-electron chi connectivity index (χ3n) is 3.19. The second-order valence-corrected chi connectivity index (χ2v) is 4.72. The molecule has 4 atom stereocenters. The van der Waals surface area contributed by atoms with Crippen molar-refractivity contribution in [1.29, 1.82) is 0 Å². The van der Waals surface area contributed by atoms with Gasteiger partial charge in [0.05, 0.1) is 24.6 Å². The predicted molar refractivity (Wildman–Crippen MR) is 65.7 cm³/mol. The van der Waals surface area contributed by atoms with E-state index in [2.05, 4.69) is 15.2 Å². The molecule has 0 bridgehead atoms. The number of aromatic nitrogens is 4. The number of rotatable bonds is 2. The summed E-state index contributed by atoms with van der Waals surface area (Å²) in [5.41, 5.74) is 1.11. The maximum atomic E-state index is 9.97. The SMILES string of the molecule is OC[C@H]1O[C@@H](n2cnc3c(=S)[nH]ncc32)[C@H](O)[C@@H]1O. The minimum Gasteiger partial charge on any atom is -0.394 e. The van der Waals surface area contributed by atoms with Crippen LogP contribution in [0.15, 0.2) is 12.5 Å². The lowest BCUT2D eigenvalue weighted by molar-refractivity contribution is -0.0509. The number of nitrogens with zero attached hydrogens (tertiary/aromatic N) is 3. The minimum absolute atomic E-state index is 0.375. The Morgan fingerprint density at radius 1 is 1.42 bits per heavy atom. The molecule has 2 aromatic rings. The lowest BCUT2D eigenvalue weighted by Gasteiger charge is -2.16. The first-order valence-electron chi connectivity index (χ1n) is 5.66. The molecule has 2 aromatic heterocycles. The van der Waals surface area contributed by atoms with Gasteiger partial charge in [-0.25, -0.2) is 4.98 Å². The molecular weight excluding hydrogens is 272 g/mol. The molecule has 19 heavy (non-hydrogen) atoms. The van der Waals surface area contributed by atoms with Crippen LogP contribution in [0.3, 0.4) is 0 Å². The molecule has 8 nitrogen and oxygen atoms in total. The maximum Gasteiger partial charge on any atom is 0.164 e. The fourth-order valence-electron chi connectivity index (χ4n) is 2.19. The highest BCUT2D eigenvalue weighted by atomic mass is 32.1. The van der Waals surface area contributed by atoms with Crippen LogP contribution in [0.1, 0.15) is 6.23 Å². The number of nitrogens with one attached hydrogen (secondary N) is 1. The molecule has 3 heterocycles. The average molecular weight is 284 g/mol. The van der Waals surface area contributed by atoms with Crippen LogP contribution >= 0.6 is 12.2 Å². The Morgan fingerprint density at radius 3 is 2.89 bits per heavy atom. The van der Waals surface area contributed by atoms with Gasteiger partial charge in [0.15, 0.2) is 6.23 Å². The van der Waals surface area contributed by atoms with Gasteiger partial charge in [-0.1, -0.05) is 12.2 Å². The lowest BCUT2D eigenvalue weighted by atomic mass is 10.1. The van der Waals surface area contributed by atoms with E-state index in [-0.39, 0.29) is 6.61 Å². The third kappa shape index (κ3) is 1.86. The highest BCUT2D eigenvalue weighted by molar-refractivity contribution is 7.71. The molecule has 9 heteroatoms. The van der Waals surface area contributed by atoms with Crippen LogP contribution in [0.4, 0.5) is 0 Å². The van der Waals surface area contributed by atoms with E-state index in [9.17, 15) is 10.2 Å². The van der Waals surface area contributed by atoms with Crippen LogP contribution in [0.5, 0.6) is 0 Å². The van der Waals surface area contributed by atoms with Gasteiger partial charge in [-0.3, -0.25) is 9.67 Å². The Kier molecular flexibility index (Phi) is 3.07. The molecule has 0 spiro atoms. The third-order valence-corrected chi connectivity index (χ3v) is 3.48. The van der Waals surface area contributed by atoms with E-state index in [1.54, 1.807) is 0 Å². The molecular formula is C10H12N4O4S. The summed E-state index contributed by atoms with van der Waals surface area (Å²) < 4.78 is 7.34. The topological polar surface area (TPSA) is 116 Å². The van der Waals surface area contributed by atoms with Gasteiger partial charge in [-0.2, -0.15) is 5.10 Å². The van der Waals surface area contributed by atoms with E-state index in [1.807, 2.05) is 0 Å². The normalized spacial score (nSPS) is 31.1. The quantitative estimate of drug-likeness (QED) is 0.528. The van der Waals surface area contributed by atoms with Gasteiger partial charge in [-0.05, 0) is 0 Å². The molecule has 1 aliphatic rings. The van der Waals surface area contributed by atoms with Crippen molar-refractivity contribution in [3.63, 3.8) is 0 Å². The van der Waals surface area contributed by atoms with Gasteiger partial charge < -0.3 is 20.1 Å². The van der Waals surface area contributed by atoms with Gasteiger partial charge in [0.2, 0.25) is 0 Å². The molecule has 0 amide bonds. The fraction of sp³-hybridized carbons (Fsp3) is 0.500. The molecule has 0 unspecified atom stereocenters. The van der Waals surface area contributed by atoms with Crippen molar-refractivity contribution in [3.8, 4) is 0 Å². The second-order valence-electron chi connectivity index (χ2n) is 4.31. The lowest BCUT2D eigenvalue weighted by Crippen LogP contribution is -2.33. The Morgan fingerprint density at radius 2 is 2.21 bits per heavy atom. The average Bonchev–Trinajstić information content (AvgIpc) is 2.94. The maximum absolute atomic E-state index is 9.97. The van der Waals surface area contributed by atoms with E-state index in [4.69, 9.17) is 22.1 Å². The van der Waals surface area contributed by atoms with Gasteiger partial charge in [-0.15, -0.1) is 0 Å². The molecule has 1 saturated heterocycles. The van der Waals surface area contributed by atoms with E-state index in [0.29, 0.717) is 15.7 Å². The van der Waals surface area contributed by atoms with Crippen LogP contribution < -0.4 is 0 Å². The molecule has 0 saturated carbocycles. The summed E-state index contributed by atoms with van der Waals surface area (Å²) in [5, 5.41) is 35.3. The Hall–Kier alpha value is -1.39. The van der Waals surface area contributed by atoms with Crippen molar-refractivity contribution in [1.82, 2.24) is 19.7 Å². The van der Waals surface area contributed by atoms with Crippen LogP contribution in [0, 0.1) is 4.64 Å². The van der Waals surface area contributed by atoms with Gasteiger partial charge in [0, 0.05) is 0 Å². The largest absolute Gasteiger partial charge is 0.394 e. The van der Waals surface area contributed by atoms with Crippen molar-refractivity contribution in [2.45, 2.75) is 24.5 Å². The molecule has 1 aliphatic heterocycles. The van der Waals surface area contributed by atoms with E-state index >= 15 is 0 Å². The number of imidazole rings is 1. The smallest absolute Gasteiger partial charge is 0.164 e. The summed E-state index contributed by atoms with van der Waals surface area (Å²) in [6.45, 7) is -0.375. The number of ether oxygens (including phenoxy) is 1. The Labute approximate surface area is 112 Å². The molecule has 0 aromatic carbocycles. The summed E-state index contributed by atoms with van der Waals surface area (Å²) in [6, 6.07) is 0. The van der Waals surface area contributed by atoms with Crippen LogP contribution in [-0.4, -0.2) is 60.0 Å². The highest BCUT2D eigenvalue weighted by Crippen LogP contribution is 2.31. The zero-order valence-corrected chi connectivity index (χ0v) is 10.5. The number of fused-ring (bicyclic) bond motifs is 1. The summed E-state index contributed by atoms with van der Waals surface area (Å²) >= 11 is 5.05. The monoisotopic (exact) mass is 284 g/mol. The minimum atomic E-state index is -1.16. The number of H-pyrrole nitrogens is 1. The first kappa shape index (κ1) is 12.6. The number of hydrogen-bond acceptors (Lipinski definition) is 7. The van der Waals surface area contributed by atoms with Crippen molar-refractivity contribution in [3.05, 3.63) is 17.2 Å². The van der Waals surface area contributed by atoms with Crippen molar-refractivity contribution >= 4 is 23.3 Å². The number of aliphatic hydroxyl groups is 3. The molecule has 3 rings (SSSR count). The van der Waals surface area contributed by atoms with E-state index in [1.165, 1.54) is 17.1 Å². The predicted octanol–water partition coefficient (Wildman–Crippen LogP) is -0.900. The van der Waals surface area contributed by atoms with Crippen LogP contribution in [0.25, 0.3) is 11.0 Å². The Bertz CT molecular complexity index is 656. The second kappa shape index (κ2) is 4.62. The molecule has 102 valence electrons. The van der Waals surface area contributed by atoms with Crippen LogP contribution in [0.2, 0.25) is 0 Å². The summed E-state index contributed by atoms with van der Waals surface area (Å²) in [4.78, 5) is 4.13. The fourth-order valence-corrected chi connectivity index (χ4v) is 2.40. The van der Waals surface area contributed by atoms with Crippen LogP contribution in [-0.2, 0) is 4.74 Å². The van der Waals surface area contributed by atoms with E-state index in [0.717, 1.165) is 0 Å². The number of hydrogen-bond donors (Lipinski definition) is 4. The molecule has 0 radical (unpaired) electrons.